The summed E-state index contributed by atoms with van der Waals surface area (Å²) < 4.78 is 7.36. The van der Waals surface area contributed by atoms with Crippen molar-refractivity contribution in [2.24, 2.45) is 0 Å². The Bertz CT molecular complexity index is 769. The minimum absolute atomic E-state index is 0.0932. The number of carbonyl (C=O) groups excluding carboxylic acids is 1. The van der Waals surface area contributed by atoms with E-state index in [2.05, 4.69) is 11.9 Å². The molecule has 0 amide bonds. The zero-order chi connectivity index (χ0) is 17.4. The summed E-state index contributed by atoms with van der Waals surface area (Å²) in [6.45, 7) is 2.21. The molecule has 134 valence electrons. The van der Waals surface area contributed by atoms with Crippen molar-refractivity contribution in [2.75, 3.05) is 26.0 Å². The van der Waals surface area contributed by atoms with Gasteiger partial charge in [-0.15, -0.1) is 0 Å². The molecule has 1 aromatic carbocycles. The largest absolute Gasteiger partial charge is 0.459 e. The second-order valence-electron chi connectivity index (χ2n) is 7.61. The maximum atomic E-state index is 12.5. The molecule has 1 aliphatic heterocycles. The number of benzene rings is 1. The summed E-state index contributed by atoms with van der Waals surface area (Å²) in [5, 5.41) is 1.10. The second kappa shape index (κ2) is 6.71. The number of piperidine rings is 1. The number of hydrogen-bond donors (Lipinski definition) is 1. The Morgan fingerprint density at radius 2 is 1.88 bits per heavy atom. The molecule has 2 heterocycles. The maximum absolute atomic E-state index is 12.5. The van der Waals surface area contributed by atoms with Crippen molar-refractivity contribution < 1.29 is 9.53 Å². The number of nitrogen functional groups attached to an aromatic ring is 1. The van der Waals surface area contributed by atoms with Crippen LogP contribution in [0.25, 0.3) is 10.9 Å². The molecule has 0 atom stereocenters. The van der Waals surface area contributed by atoms with Gasteiger partial charge in [-0.3, -0.25) is 4.68 Å². The number of hydrogen-bond acceptors (Lipinski definition) is 4. The van der Waals surface area contributed by atoms with Gasteiger partial charge in [0.25, 0.3) is 0 Å². The number of likely N-dealkylation sites (tertiary alicyclic amines) is 1. The summed E-state index contributed by atoms with van der Waals surface area (Å²) in [7, 11) is 2.17. The zero-order valence-electron chi connectivity index (χ0n) is 14.9. The Labute approximate surface area is 148 Å². The number of carbonyl (C=O) groups is 1. The van der Waals surface area contributed by atoms with Gasteiger partial charge in [-0.05, 0) is 88.3 Å². The van der Waals surface area contributed by atoms with Gasteiger partial charge >= 0.3 is 5.97 Å². The van der Waals surface area contributed by atoms with Gasteiger partial charge in [-0.25, -0.2) is 4.79 Å². The number of rotatable bonds is 3. The van der Waals surface area contributed by atoms with E-state index in [1.165, 1.54) is 5.56 Å². The number of aromatic nitrogens is 1. The van der Waals surface area contributed by atoms with Gasteiger partial charge in [0.1, 0.15) is 6.10 Å². The third kappa shape index (κ3) is 3.25. The Balaban J connectivity index is 1.62. The number of ether oxygens (including phenoxy) is 1. The van der Waals surface area contributed by atoms with Crippen LogP contribution in [-0.4, -0.2) is 41.8 Å². The molecule has 2 fully saturated rings. The van der Waals surface area contributed by atoms with Gasteiger partial charge in [0.05, 0.1) is 11.1 Å². The highest BCUT2D eigenvalue weighted by Gasteiger charge is 2.24. The second-order valence-corrected chi connectivity index (χ2v) is 7.61. The van der Waals surface area contributed by atoms with Crippen molar-refractivity contribution in [1.29, 1.82) is 0 Å². The van der Waals surface area contributed by atoms with Crippen LogP contribution in [0.4, 0.5) is 0 Å². The highest BCUT2D eigenvalue weighted by Crippen LogP contribution is 2.34. The van der Waals surface area contributed by atoms with Crippen LogP contribution in [-0.2, 0) is 4.74 Å². The molecule has 1 aromatic heterocycles. The summed E-state index contributed by atoms with van der Waals surface area (Å²) >= 11 is 0. The predicted molar refractivity (Wildman–Crippen MR) is 99.2 cm³/mol. The van der Waals surface area contributed by atoms with Gasteiger partial charge in [0.2, 0.25) is 0 Å². The Morgan fingerprint density at radius 1 is 1.16 bits per heavy atom. The normalized spacial score (nSPS) is 20.4. The molecule has 5 heteroatoms. The average molecular weight is 341 g/mol. The van der Waals surface area contributed by atoms with Gasteiger partial charge < -0.3 is 15.5 Å². The Hall–Kier alpha value is -2.01. The zero-order valence-corrected chi connectivity index (χ0v) is 14.9. The van der Waals surface area contributed by atoms with E-state index in [-0.39, 0.29) is 12.1 Å². The van der Waals surface area contributed by atoms with Crippen LogP contribution in [0.1, 0.15) is 60.4 Å². The first-order valence-electron chi connectivity index (χ1n) is 9.41. The molecule has 4 rings (SSSR count). The first kappa shape index (κ1) is 16.5. The molecule has 5 nitrogen and oxygen atoms in total. The van der Waals surface area contributed by atoms with Crippen LogP contribution < -0.4 is 5.84 Å². The summed E-state index contributed by atoms with van der Waals surface area (Å²) in [4.78, 5) is 14.9. The van der Waals surface area contributed by atoms with E-state index in [0.29, 0.717) is 11.5 Å². The van der Waals surface area contributed by atoms with Crippen molar-refractivity contribution in [3.63, 3.8) is 0 Å². The minimum atomic E-state index is -0.201. The number of nitrogens with two attached hydrogens (primary N) is 1. The van der Waals surface area contributed by atoms with Crippen molar-refractivity contribution >= 4 is 16.9 Å². The quantitative estimate of drug-likeness (QED) is 0.687. The standard InChI is InChI=1S/C20H27N3O2/c1-22-10-8-14(9-11-22)18-13-23(21)19-7-6-15(12-17(18)19)20(24)25-16-4-2-3-5-16/h6-7,12-14,16H,2-5,8-11,21H2,1H3. The SMILES string of the molecule is CN1CCC(c2cn(N)c3ccc(C(=O)OC4CCCC4)cc23)CC1. The van der Waals surface area contributed by atoms with E-state index in [1.54, 1.807) is 4.68 Å². The third-order valence-electron chi connectivity index (χ3n) is 5.83. The first-order chi connectivity index (χ1) is 12.1. The highest BCUT2D eigenvalue weighted by molar-refractivity contribution is 5.96. The first-order valence-corrected chi connectivity index (χ1v) is 9.41. The van der Waals surface area contributed by atoms with Crippen LogP contribution in [0.2, 0.25) is 0 Å². The number of fused-ring (bicyclic) bond motifs is 1. The lowest BCUT2D eigenvalue weighted by molar-refractivity contribution is 0.0318. The Kier molecular flexibility index (Phi) is 4.42. The summed E-state index contributed by atoms with van der Waals surface area (Å²) in [5.74, 6) is 6.46. The third-order valence-corrected chi connectivity index (χ3v) is 5.83. The number of nitrogens with zero attached hydrogens (tertiary/aromatic N) is 2. The lowest BCUT2D eigenvalue weighted by Gasteiger charge is -2.28. The molecule has 0 bridgehead atoms. The van der Waals surface area contributed by atoms with Crippen LogP contribution in [0, 0.1) is 0 Å². The maximum Gasteiger partial charge on any atom is 0.338 e. The fourth-order valence-electron chi connectivity index (χ4n) is 4.28. The van der Waals surface area contributed by atoms with Crippen molar-refractivity contribution in [1.82, 2.24) is 9.58 Å². The van der Waals surface area contributed by atoms with E-state index in [1.807, 2.05) is 24.4 Å². The van der Waals surface area contributed by atoms with Crippen molar-refractivity contribution in [2.45, 2.75) is 50.5 Å². The molecule has 2 aliphatic rings. The van der Waals surface area contributed by atoms with Crippen LogP contribution in [0.3, 0.4) is 0 Å². The molecule has 2 N–H and O–H groups in total. The monoisotopic (exact) mass is 341 g/mol. The van der Waals surface area contributed by atoms with E-state index < -0.39 is 0 Å². The number of esters is 1. The van der Waals surface area contributed by atoms with Gasteiger partial charge in [-0.2, -0.15) is 0 Å². The Morgan fingerprint density at radius 3 is 2.60 bits per heavy atom. The fraction of sp³-hybridized carbons (Fsp3) is 0.550. The van der Waals surface area contributed by atoms with Crippen molar-refractivity contribution in [3.05, 3.63) is 35.5 Å². The van der Waals surface area contributed by atoms with E-state index >= 15 is 0 Å². The molecule has 1 saturated heterocycles. The van der Waals surface area contributed by atoms with E-state index in [0.717, 1.165) is 62.5 Å². The molecule has 1 saturated carbocycles. The van der Waals surface area contributed by atoms with Gasteiger partial charge in [-0.1, -0.05) is 0 Å². The fourth-order valence-corrected chi connectivity index (χ4v) is 4.28. The molecule has 2 aromatic rings. The van der Waals surface area contributed by atoms with Crippen LogP contribution in [0.15, 0.2) is 24.4 Å². The minimum Gasteiger partial charge on any atom is -0.459 e. The highest BCUT2D eigenvalue weighted by atomic mass is 16.5. The molecule has 0 spiro atoms. The summed E-state index contributed by atoms with van der Waals surface area (Å²) in [6, 6.07) is 5.75. The average Bonchev–Trinajstić information content (AvgIpc) is 3.23. The lowest BCUT2D eigenvalue weighted by Crippen LogP contribution is -2.29. The smallest absolute Gasteiger partial charge is 0.338 e. The molecule has 0 unspecified atom stereocenters. The van der Waals surface area contributed by atoms with E-state index in [4.69, 9.17) is 10.6 Å². The van der Waals surface area contributed by atoms with Crippen LogP contribution >= 0.6 is 0 Å². The van der Waals surface area contributed by atoms with Crippen molar-refractivity contribution in [3.8, 4) is 0 Å². The van der Waals surface area contributed by atoms with E-state index in [9.17, 15) is 4.79 Å². The topological polar surface area (TPSA) is 60.5 Å². The van der Waals surface area contributed by atoms with Crippen LogP contribution in [0.5, 0.6) is 0 Å². The van der Waals surface area contributed by atoms with Gasteiger partial charge in [0, 0.05) is 11.6 Å². The summed E-state index contributed by atoms with van der Waals surface area (Å²) in [6.07, 6.45) is 8.70. The molecular weight excluding hydrogens is 314 g/mol. The predicted octanol–water partition coefficient (Wildman–Crippen LogP) is 3.26. The molecule has 25 heavy (non-hydrogen) atoms. The molecular formula is C20H27N3O2. The molecule has 1 aliphatic carbocycles. The van der Waals surface area contributed by atoms with Gasteiger partial charge in [0.15, 0.2) is 0 Å². The molecule has 0 radical (unpaired) electrons. The lowest BCUT2D eigenvalue weighted by atomic mass is 9.89. The summed E-state index contributed by atoms with van der Waals surface area (Å²) in [5.41, 5.74) is 2.88.